The number of benzene rings is 1. The molecule has 0 spiro atoms. The van der Waals surface area contributed by atoms with Gasteiger partial charge in [-0.15, -0.1) is 0 Å². The molecule has 0 aliphatic carbocycles. The van der Waals surface area contributed by atoms with Crippen LogP contribution in [0, 0.1) is 0 Å². The molecule has 2 N–H and O–H groups in total. The lowest BCUT2D eigenvalue weighted by Crippen LogP contribution is -2.18. The van der Waals surface area contributed by atoms with E-state index in [9.17, 15) is 13.2 Å². The number of nitrogens with zero attached hydrogens (tertiary/aromatic N) is 3. The van der Waals surface area contributed by atoms with Crippen molar-refractivity contribution in [2.45, 2.75) is 19.0 Å². The van der Waals surface area contributed by atoms with Crippen molar-refractivity contribution in [3.05, 3.63) is 47.7 Å². The van der Waals surface area contributed by atoms with E-state index < -0.39 is 11.9 Å². The van der Waals surface area contributed by atoms with E-state index in [1.807, 2.05) is 49.3 Å². The standard InChI is InChI=1S/C18H24F3N5/c1-26(2)12-6-10-23-17-24-15(18(19,20)21)13-16(25-17)22-11-9-14-7-4-3-5-8-14/h3-5,7-8,13H,6,9-12H2,1-2H3,(H2,22,23,24,25). The number of aromatic nitrogens is 2. The molecule has 0 bridgehead atoms. The van der Waals surface area contributed by atoms with Crippen molar-refractivity contribution in [2.24, 2.45) is 0 Å². The summed E-state index contributed by atoms with van der Waals surface area (Å²) in [5.74, 6) is 0.152. The largest absolute Gasteiger partial charge is 0.433 e. The van der Waals surface area contributed by atoms with E-state index >= 15 is 0 Å². The Labute approximate surface area is 151 Å². The highest BCUT2D eigenvalue weighted by Gasteiger charge is 2.33. The lowest BCUT2D eigenvalue weighted by Gasteiger charge is -2.13. The molecule has 0 amide bonds. The van der Waals surface area contributed by atoms with Crippen LogP contribution >= 0.6 is 0 Å². The number of alkyl halides is 3. The number of hydrogen-bond donors (Lipinski definition) is 2. The zero-order valence-corrected chi connectivity index (χ0v) is 15.0. The smallest absolute Gasteiger partial charge is 0.370 e. The van der Waals surface area contributed by atoms with E-state index in [1.54, 1.807) is 0 Å². The molecule has 8 heteroatoms. The maximum absolute atomic E-state index is 13.1. The van der Waals surface area contributed by atoms with Gasteiger partial charge in [-0.05, 0) is 39.0 Å². The molecule has 0 aliphatic heterocycles. The first kappa shape index (κ1) is 20.0. The monoisotopic (exact) mass is 367 g/mol. The lowest BCUT2D eigenvalue weighted by atomic mass is 10.1. The zero-order chi connectivity index (χ0) is 19.0. The van der Waals surface area contributed by atoms with Gasteiger partial charge in [0.1, 0.15) is 5.82 Å². The number of halogens is 3. The highest BCUT2D eigenvalue weighted by atomic mass is 19.4. The van der Waals surface area contributed by atoms with Crippen molar-refractivity contribution in [1.82, 2.24) is 14.9 Å². The van der Waals surface area contributed by atoms with Crippen LogP contribution in [-0.2, 0) is 12.6 Å². The minimum atomic E-state index is -4.52. The molecule has 0 atom stereocenters. The van der Waals surface area contributed by atoms with Crippen LogP contribution < -0.4 is 10.6 Å². The first-order chi connectivity index (χ1) is 12.3. The third-order valence-corrected chi connectivity index (χ3v) is 3.64. The van der Waals surface area contributed by atoms with Gasteiger partial charge in [0.2, 0.25) is 5.95 Å². The molecule has 0 fully saturated rings. The molecule has 0 saturated carbocycles. The van der Waals surface area contributed by atoms with Crippen molar-refractivity contribution < 1.29 is 13.2 Å². The van der Waals surface area contributed by atoms with E-state index in [4.69, 9.17) is 0 Å². The van der Waals surface area contributed by atoms with Crippen molar-refractivity contribution in [3.8, 4) is 0 Å². The molecule has 0 saturated heterocycles. The van der Waals surface area contributed by atoms with Crippen LogP contribution in [0.25, 0.3) is 0 Å². The Morgan fingerprint density at radius 3 is 2.38 bits per heavy atom. The van der Waals surface area contributed by atoms with Crippen LogP contribution in [0.2, 0.25) is 0 Å². The number of nitrogens with one attached hydrogen (secondary N) is 2. The summed E-state index contributed by atoms with van der Waals surface area (Å²) in [4.78, 5) is 9.74. The van der Waals surface area contributed by atoms with Gasteiger partial charge in [0.25, 0.3) is 0 Å². The van der Waals surface area contributed by atoms with E-state index in [1.165, 1.54) is 0 Å². The van der Waals surface area contributed by atoms with Gasteiger partial charge in [0.15, 0.2) is 5.69 Å². The molecule has 26 heavy (non-hydrogen) atoms. The van der Waals surface area contributed by atoms with Crippen molar-refractivity contribution in [1.29, 1.82) is 0 Å². The molecular formula is C18H24F3N5. The van der Waals surface area contributed by atoms with Crippen LogP contribution in [0.1, 0.15) is 17.7 Å². The second kappa shape index (κ2) is 9.38. The summed E-state index contributed by atoms with van der Waals surface area (Å²) in [6, 6.07) is 10.7. The Kier molecular flexibility index (Phi) is 7.20. The summed E-state index contributed by atoms with van der Waals surface area (Å²) < 4.78 is 39.2. The maximum atomic E-state index is 13.1. The zero-order valence-electron chi connectivity index (χ0n) is 15.0. The number of hydrogen-bond acceptors (Lipinski definition) is 5. The van der Waals surface area contributed by atoms with E-state index in [0.29, 0.717) is 19.5 Å². The second-order valence-electron chi connectivity index (χ2n) is 6.21. The van der Waals surface area contributed by atoms with Crippen LogP contribution in [0.3, 0.4) is 0 Å². The van der Waals surface area contributed by atoms with Gasteiger partial charge in [0, 0.05) is 19.2 Å². The third-order valence-electron chi connectivity index (χ3n) is 3.64. The average Bonchev–Trinajstić information content (AvgIpc) is 2.59. The Morgan fingerprint density at radius 2 is 1.73 bits per heavy atom. The van der Waals surface area contributed by atoms with Crippen LogP contribution in [0.15, 0.2) is 36.4 Å². The summed E-state index contributed by atoms with van der Waals surface area (Å²) in [7, 11) is 3.88. The third kappa shape index (κ3) is 6.87. The number of anilines is 2. The molecule has 142 valence electrons. The summed E-state index contributed by atoms with van der Waals surface area (Å²) in [6.07, 6.45) is -3.04. The van der Waals surface area contributed by atoms with Crippen molar-refractivity contribution in [3.63, 3.8) is 0 Å². The molecule has 5 nitrogen and oxygen atoms in total. The van der Waals surface area contributed by atoms with Gasteiger partial charge >= 0.3 is 6.18 Å². The van der Waals surface area contributed by atoms with Gasteiger partial charge < -0.3 is 15.5 Å². The molecular weight excluding hydrogens is 343 g/mol. The van der Waals surface area contributed by atoms with E-state index in [0.717, 1.165) is 24.6 Å². The minimum absolute atomic E-state index is 0.0132. The Hall–Kier alpha value is -2.35. The van der Waals surface area contributed by atoms with E-state index in [-0.39, 0.29) is 11.8 Å². The summed E-state index contributed by atoms with van der Waals surface area (Å²) in [5, 5.41) is 5.83. The fraction of sp³-hybridized carbons (Fsp3) is 0.444. The predicted molar refractivity (Wildman–Crippen MR) is 97.3 cm³/mol. The normalized spacial score (nSPS) is 11.6. The quantitative estimate of drug-likeness (QED) is 0.665. The molecule has 2 rings (SSSR count). The molecule has 1 aromatic heterocycles. The topological polar surface area (TPSA) is 53.1 Å². The minimum Gasteiger partial charge on any atom is -0.370 e. The van der Waals surface area contributed by atoms with Crippen LogP contribution in [0.4, 0.5) is 24.9 Å². The predicted octanol–water partition coefficient (Wildman–Crippen LogP) is 3.51. The SMILES string of the molecule is CN(C)CCCNc1nc(NCCc2ccccc2)cc(C(F)(F)F)n1. The van der Waals surface area contributed by atoms with Crippen LogP contribution in [-0.4, -0.2) is 48.6 Å². The Morgan fingerprint density at radius 1 is 1.00 bits per heavy atom. The van der Waals surface area contributed by atoms with Gasteiger partial charge in [-0.1, -0.05) is 30.3 Å². The fourth-order valence-electron chi connectivity index (χ4n) is 2.34. The van der Waals surface area contributed by atoms with E-state index in [2.05, 4.69) is 20.6 Å². The number of rotatable bonds is 9. The van der Waals surface area contributed by atoms with Crippen molar-refractivity contribution in [2.75, 3.05) is 44.4 Å². The summed E-state index contributed by atoms with van der Waals surface area (Å²) >= 11 is 0. The summed E-state index contributed by atoms with van der Waals surface area (Å²) in [5.41, 5.74) is 0.150. The Balaban J connectivity index is 2.00. The van der Waals surface area contributed by atoms with Crippen LogP contribution in [0.5, 0.6) is 0 Å². The first-order valence-corrected chi connectivity index (χ1v) is 8.47. The van der Waals surface area contributed by atoms with Gasteiger partial charge in [-0.2, -0.15) is 18.2 Å². The molecule has 2 aromatic rings. The maximum Gasteiger partial charge on any atom is 0.433 e. The lowest BCUT2D eigenvalue weighted by molar-refractivity contribution is -0.141. The molecule has 1 heterocycles. The first-order valence-electron chi connectivity index (χ1n) is 8.47. The van der Waals surface area contributed by atoms with Gasteiger partial charge in [0.05, 0.1) is 0 Å². The van der Waals surface area contributed by atoms with Crippen molar-refractivity contribution >= 4 is 11.8 Å². The molecule has 0 aliphatic rings. The fourth-order valence-corrected chi connectivity index (χ4v) is 2.34. The molecule has 0 radical (unpaired) electrons. The van der Waals surface area contributed by atoms with Gasteiger partial charge in [-0.25, -0.2) is 4.98 Å². The second-order valence-corrected chi connectivity index (χ2v) is 6.21. The highest BCUT2D eigenvalue weighted by Crippen LogP contribution is 2.29. The Bertz CT molecular complexity index is 674. The highest BCUT2D eigenvalue weighted by molar-refractivity contribution is 5.43. The molecule has 0 unspecified atom stereocenters. The molecule has 1 aromatic carbocycles. The average molecular weight is 367 g/mol. The van der Waals surface area contributed by atoms with Gasteiger partial charge in [-0.3, -0.25) is 0 Å². The summed E-state index contributed by atoms with van der Waals surface area (Å²) in [6.45, 7) is 1.81.